The van der Waals surface area contributed by atoms with Crippen LogP contribution in [0.5, 0.6) is 0 Å². The third kappa shape index (κ3) is 14.0. The van der Waals surface area contributed by atoms with E-state index in [1.165, 1.54) is 0 Å². The minimum atomic E-state index is -2.57. The maximum absolute atomic E-state index is 11.5. The van der Waals surface area contributed by atoms with Crippen molar-refractivity contribution in [3.05, 3.63) is 0 Å². The van der Waals surface area contributed by atoms with Crippen LogP contribution in [-0.2, 0) is 15.6 Å². The molecule has 0 amide bonds. The van der Waals surface area contributed by atoms with Gasteiger partial charge in [-0.05, 0) is 6.42 Å². The van der Waals surface area contributed by atoms with Crippen molar-refractivity contribution in [2.24, 2.45) is 0 Å². The topological polar surface area (TPSA) is 26.3 Å². The van der Waals surface area contributed by atoms with Gasteiger partial charge in [-0.15, -0.1) is 3.89 Å². The Balaban J connectivity index is 0. The molecule has 64 valence electrons. The number of halogens is 1. The number of rotatable bonds is 6. The van der Waals surface area contributed by atoms with Crippen LogP contribution < -0.4 is 0 Å². The fraction of sp³-hybridized carbons (Fsp3) is 1.00. The van der Waals surface area contributed by atoms with Gasteiger partial charge < -0.3 is 0 Å². The van der Waals surface area contributed by atoms with E-state index in [9.17, 15) is 8.09 Å². The zero-order valence-electron chi connectivity index (χ0n) is 6.14. The fourth-order valence-corrected chi connectivity index (χ4v) is 0.902. The zero-order valence-corrected chi connectivity index (χ0v) is 6.95. The predicted molar refractivity (Wildman–Crippen MR) is 46.5 cm³/mol. The summed E-state index contributed by atoms with van der Waals surface area (Å²) >= 11 is -2.57. The average Bonchev–Trinajstić information content (AvgIpc) is 1.87. The summed E-state index contributed by atoms with van der Waals surface area (Å²) in [4.78, 5) is 0. The molecule has 0 rings (SSSR count). The second kappa shape index (κ2) is 11.0. The average molecular weight is 192 g/mol. The van der Waals surface area contributed by atoms with E-state index in [4.69, 9.17) is 0 Å². The molecule has 0 aromatic carbocycles. The SMILES string of the molecule is CCCCCCOS(=O)F.[NaH]. The Kier molecular flexibility index (Phi) is 14.6. The van der Waals surface area contributed by atoms with E-state index >= 15 is 0 Å². The van der Waals surface area contributed by atoms with Gasteiger partial charge >= 0.3 is 41.0 Å². The molecule has 0 heterocycles. The van der Waals surface area contributed by atoms with Crippen LogP contribution in [0.1, 0.15) is 32.6 Å². The van der Waals surface area contributed by atoms with Gasteiger partial charge in [-0.2, -0.15) is 4.21 Å². The van der Waals surface area contributed by atoms with Crippen LogP contribution in [0.2, 0.25) is 0 Å². The van der Waals surface area contributed by atoms with Crippen LogP contribution in [0.25, 0.3) is 0 Å². The summed E-state index contributed by atoms with van der Waals surface area (Å²) in [5.41, 5.74) is 0. The van der Waals surface area contributed by atoms with Crippen LogP contribution in [0.4, 0.5) is 3.89 Å². The van der Waals surface area contributed by atoms with Gasteiger partial charge in [0.15, 0.2) is 0 Å². The molecular weight excluding hydrogens is 178 g/mol. The summed E-state index contributed by atoms with van der Waals surface area (Å²) in [5.74, 6) is 0. The van der Waals surface area contributed by atoms with Gasteiger partial charge in [0.2, 0.25) is 0 Å². The van der Waals surface area contributed by atoms with Crippen LogP contribution in [0, 0.1) is 0 Å². The van der Waals surface area contributed by atoms with Gasteiger partial charge in [0, 0.05) is 0 Å². The molecule has 0 aliphatic carbocycles. The first-order valence-corrected chi connectivity index (χ1v) is 4.46. The van der Waals surface area contributed by atoms with Crippen LogP contribution in [0.3, 0.4) is 0 Å². The summed E-state index contributed by atoms with van der Waals surface area (Å²) in [5, 5.41) is 0. The minimum absolute atomic E-state index is 0. The Morgan fingerprint density at radius 3 is 2.45 bits per heavy atom. The van der Waals surface area contributed by atoms with Crippen molar-refractivity contribution < 1.29 is 12.3 Å². The molecule has 0 saturated carbocycles. The summed E-state index contributed by atoms with van der Waals surface area (Å²) < 4.78 is 25.4. The third-order valence-corrected chi connectivity index (χ3v) is 1.53. The normalized spacial score (nSPS) is 12.2. The van der Waals surface area contributed by atoms with Crippen LogP contribution >= 0.6 is 0 Å². The Morgan fingerprint density at radius 2 is 2.00 bits per heavy atom. The predicted octanol–water partition coefficient (Wildman–Crippen LogP) is 1.48. The van der Waals surface area contributed by atoms with E-state index in [1.54, 1.807) is 0 Å². The first kappa shape index (κ1) is 14.6. The van der Waals surface area contributed by atoms with Crippen molar-refractivity contribution in [3.63, 3.8) is 0 Å². The van der Waals surface area contributed by atoms with Gasteiger partial charge in [-0.3, -0.25) is 4.18 Å². The van der Waals surface area contributed by atoms with Crippen molar-refractivity contribution in [1.29, 1.82) is 0 Å². The number of unbranched alkanes of at least 4 members (excludes halogenated alkanes) is 3. The molecule has 0 spiro atoms. The first-order chi connectivity index (χ1) is 4.77. The van der Waals surface area contributed by atoms with Gasteiger partial charge in [0.1, 0.15) is 0 Å². The molecule has 1 unspecified atom stereocenters. The van der Waals surface area contributed by atoms with E-state index in [0.29, 0.717) is 0 Å². The summed E-state index contributed by atoms with van der Waals surface area (Å²) in [6, 6.07) is 0. The van der Waals surface area contributed by atoms with E-state index in [0.717, 1.165) is 25.7 Å². The summed E-state index contributed by atoms with van der Waals surface area (Å²) in [6.07, 6.45) is 4.08. The molecule has 0 N–H and O–H groups in total. The molecular formula is C6H14FNaO2S. The molecule has 2 nitrogen and oxygen atoms in total. The number of hydrogen-bond donors (Lipinski definition) is 0. The van der Waals surface area contributed by atoms with Crippen LogP contribution in [0.15, 0.2) is 0 Å². The van der Waals surface area contributed by atoms with Gasteiger partial charge in [0.25, 0.3) is 0 Å². The van der Waals surface area contributed by atoms with E-state index in [1.807, 2.05) is 0 Å². The molecule has 0 radical (unpaired) electrons. The first-order valence-electron chi connectivity index (χ1n) is 3.48. The molecule has 5 heteroatoms. The van der Waals surface area contributed by atoms with E-state index < -0.39 is 11.5 Å². The summed E-state index contributed by atoms with van der Waals surface area (Å²) in [7, 11) is 0. The number of hydrogen-bond acceptors (Lipinski definition) is 2. The van der Waals surface area contributed by atoms with Gasteiger partial charge in [-0.25, -0.2) is 0 Å². The van der Waals surface area contributed by atoms with Crippen molar-refractivity contribution in [2.75, 3.05) is 6.61 Å². The Morgan fingerprint density at radius 1 is 1.36 bits per heavy atom. The quantitative estimate of drug-likeness (QED) is 0.362. The van der Waals surface area contributed by atoms with Crippen molar-refractivity contribution in [1.82, 2.24) is 0 Å². The summed E-state index contributed by atoms with van der Waals surface area (Å²) in [6.45, 7) is 2.36. The molecule has 0 aliphatic rings. The Hall–Kier alpha value is 1.04. The molecule has 0 saturated heterocycles. The Labute approximate surface area is 92.1 Å². The molecule has 0 fully saturated rings. The van der Waals surface area contributed by atoms with Crippen LogP contribution in [-0.4, -0.2) is 40.4 Å². The molecule has 0 aliphatic heterocycles. The fourth-order valence-electron chi connectivity index (χ4n) is 0.653. The molecule has 1 atom stereocenters. The van der Waals surface area contributed by atoms with Crippen molar-refractivity contribution >= 4 is 41.0 Å². The Bertz CT molecular complexity index is 103. The van der Waals surface area contributed by atoms with Gasteiger partial charge in [-0.1, -0.05) is 26.2 Å². The third-order valence-electron chi connectivity index (χ3n) is 1.17. The second-order valence-electron chi connectivity index (χ2n) is 2.08. The maximum atomic E-state index is 11.5. The molecule has 0 aromatic rings. The second-order valence-corrected chi connectivity index (χ2v) is 2.70. The standard InChI is InChI=1S/C6H13FO2S.Na.H/c1-2-3-4-5-6-9-10(7)8;;/h2-6H2,1H3;;. The zero-order chi connectivity index (χ0) is 7.82. The molecule has 0 bridgehead atoms. The van der Waals surface area contributed by atoms with Crippen molar-refractivity contribution in [3.8, 4) is 0 Å². The molecule has 0 aromatic heterocycles. The monoisotopic (exact) mass is 192 g/mol. The van der Waals surface area contributed by atoms with Crippen molar-refractivity contribution in [2.45, 2.75) is 32.6 Å². The van der Waals surface area contributed by atoms with Gasteiger partial charge in [0.05, 0.1) is 6.61 Å². The van der Waals surface area contributed by atoms with E-state index in [2.05, 4.69) is 11.1 Å². The molecule has 11 heavy (non-hydrogen) atoms. The van der Waals surface area contributed by atoms with E-state index in [-0.39, 0.29) is 36.2 Å².